The summed E-state index contributed by atoms with van der Waals surface area (Å²) in [5, 5.41) is 14.3. The summed E-state index contributed by atoms with van der Waals surface area (Å²) in [4.78, 5) is 17.7. The van der Waals surface area contributed by atoms with Gasteiger partial charge in [-0.25, -0.2) is 4.79 Å². The van der Waals surface area contributed by atoms with Crippen molar-refractivity contribution in [1.29, 1.82) is 0 Å². The molecular formula is C27H27N7O. The minimum Gasteiger partial charge on any atom is -0.292 e. The van der Waals surface area contributed by atoms with Crippen LogP contribution in [-0.4, -0.2) is 34.7 Å². The number of aromatic nitrogens is 7. The summed E-state index contributed by atoms with van der Waals surface area (Å²) in [5.41, 5.74) is 6.91. The maximum atomic E-state index is 13.5. The summed E-state index contributed by atoms with van der Waals surface area (Å²) in [6.45, 7) is 4.72. The average Bonchev–Trinajstić information content (AvgIpc) is 3.53. The van der Waals surface area contributed by atoms with Gasteiger partial charge in [-0.2, -0.15) is 5.21 Å². The third-order valence-corrected chi connectivity index (χ3v) is 6.24. The smallest absolute Gasteiger partial charge is 0.292 e. The second-order valence-corrected chi connectivity index (χ2v) is 8.60. The monoisotopic (exact) mass is 465 g/mol. The van der Waals surface area contributed by atoms with E-state index in [2.05, 4.69) is 56.8 Å². The van der Waals surface area contributed by atoms with E-state index >= 15 is 0 Å². The van der Waals surface area contributed by atoms with Crippen LogP contribution in [0.5, 0.6) is 0 Å². The van der Waals surface area contributed by atoms with Gasteiger partial charge in [-0.05, 0) is 59.4 Å². The Labute approximate surface area is 203 Å². The van der Waals surface area contributed by atoms with Gasteiger partial charge in [0, 0.05) is 29.8 Å². The molecule has 0 saturated carbocycles. The van der Waals surface area contributed by atoms with Gasteiger partial charge >= 0.3 is 5.69 Å². The quantitative estimate of drug-likeness (QED) is 0.362. The molecule has 0 atom stereocenters. The fourth-order valence-corrected chi connectivity index (χ4v) is 4.33. The first-order valence-electron chi connectivity index (χ1n) is 11.8. The third-order valence-electron chi connectivity index (χ3n) is 6.24. The lowest BCUT2D eigenvalue weighted by atomic mass is 10.00. The number of para-hydroxylation sites is 1. The molecule has 0 aliphatic carbocycles. The molecule has 3 aromatic heterocycles. The molecular weight excluding hydrogens is 438 g/mol. The zero-order valence-corrected chi connectivity index (χ0v) is 19.8. The van der Waals surface area contributed by atoms with E-state index in [4.69, 9.17) is 0 Å². The van der Waals surface area contributed by atoms with Gasteiger partial charge in [-0.3, -0.25) is 14.1 Å². The molecule has 0 amide bonds. The first-order chi connectivity index (χ1) is 17.2. The summed E-state index contributed by atoms with van der Waals surface area (Å²) < 4.78 is 3.68. The number of benzene rings is 2. The van der Waals surface area contributed by atoms with Crippen LogP contribution in [0.25, 0.3) is 28.2 Å². The number of H-pyrrole nitrogens is 1. The lowest BCUT2D eigenvalue weighted by Crippen LogP contribution is -2.25. The normalized spacial score (nSPS) is 11.1. The highest BCUT2D eigenvalue weighted by atomic mass is 16.1. The van der Waals surface area contributed by atoms with Gasteiger partial charge in [-0.15, -0.1) is 10.2 Å². The first-order valence-corrected chi connectivity index (χ1v) is 11.8. The van der Waals surface area contributed by atoms with Crippen LogP contribution in [0.4, 0.5) is 0 Å². The highest BCUT2D eigenvalue weighted by Gasteiger charge is 2.15. The number of tetrazole rings is 1. The Morgan fingerprint density at radius 1 is 1.00 bits per heavy atom. The minimum absolute atomic E-state index is 0.0111. The van der Waals surface area contributed by atoms with Crippen molar-refractivity contribution in [3.8, 4) is 28.2 Å². The molecule has 5 rings (SSSR count). The van der Waals surface area contributed by atoms with E-state index in [1.54, 1.807) is 17.0 Å². The molecule has 0 fully saturated rings. The molecule has 0 aliphatic rings. The predicted octanol–water partition coefficient (Wildman–Crippen LogP) is 4.58. The lowest BCUT2D eigenvalue weighted by Gasteiger charge is -2.10. The van der Waals surface area contributed by atoms with Crippen molar-refractivity contribution in [3.63, 3.8) is 0 Å². The van der Waals surface area contributed by atoms with Crippen LogP contribution in [0.1, 0.15) is 36.6 Å². The van der Waals surface area contributed by atoms with E-state index in [9.17, 15) is 4.79 Å². The predicted molar refractivity (Wildman–Crippen MR) is 135 cm³/mol. The van der Waals surface area contributed by atoms with Crippen molar-refractivity contribution < 1.29 is 0 Å². The Morgan fingerprint density at radius 2 is 1.83 bits per heavy atom. The van der Waals surface area contributed by atoms with Crippen LogP contribution >= 0.6 is 0 Å². The number of nitrogens with zero attached hydrogens (tertiary/aromatic N) is 6. The third kappa shape index (κ3) is 4.55. The molecule has 5 aromatic rings. The van der Waals surface area contributed by atoms with Gasteiger partial charge in [-0.1, -0.05) is 55.8 Å². The number of imidazole rings is 1. The van der Waals surface area contributed by atoms with Crippen LogP contribution < -0.4 is 5.69 Å². The average molecular weight is 466 g/mol. The number of rotatable bonds is 8. The van der Waals surface area contributed by atoms with Crippen LogP contribution in [-0.2, 0) is 13.0 Å². The van der Waals surface area contributed by atoms with Crippen molar-refractivity contribution in [2.24, 2.45) is 0 Å². The van der Waals surface area contributed by atoms with E-state index in [-0.39, 0.29) is 5.69 Å². The highest BCUT2D eigenvalue weighted by molar-refractivity contribution is 5.79. The second-order valence-electron chi connectivity index (χ2n) is 8.60. The minimum atomic E-state index is -0.0111. The van der Waals surface area contributed by atoms with E-state index < -0.39 is 0 Å². The van der Waals surface area contributed by atoms with E-state index in [1.165, 1.54) is 0 Å². The number of hydrogen-bond acceptors (Lipinski definition) is 5. The first kappa shape index (κ1) is 22.5. The van der Waals surface area contributed by atoms with Crippen molar-refractivity contribution in [2.45, 2.75) is 39.7 Å². The largest absolute Gasteiger partial charge is 0.333 e. The second kappa shape index (κ2) is 9.89. The number of aromatic amines is 1. The molecule has 8 heteroatoms. The van der Waals surface area contributed by atoms with E-state index in [0.717, 1.165) is 58.5 Å². The van der Waals surface area contributed by atoms with Gasteiger partial charge in [0.05, 0.1) is 12.2 Å². The summed E-state index contributed by atoms with van der Waals surface area (Å²) in [6.07, 6.45) is 8.48. The van der Waals surface area contributed by atoms with Crippen LogP contribution in [0, 0.1) is 6.92 Å². The Hall–Kier alpha value is -4.33. The number of aryl methyl sites for hydroxylation is 2. The molecule has 0 spiro atoms. The van der Waals surface area contributed by atoms with Crippen LogP contribution in [0.15, 0.2) is 78.0 Å². The molecule has 0 bridgehead atoms. The molecule has 1 N–H and O–H groups in total. The Bertz CT molecular complexity index is 1480. The standard InChI is InChI=1S/C27H27N7O/c1-3-4-8-22-18-34(25-9-6-5-7-19(25)2)27(35)33(22)17-20-10-12-21(13-11-20)23-14-15-28-16-24(23)26-29-31-32-30-26/h5-7,9-16,18H,3-4,8,17H2,1-2H3,(H,29,30,31,32). The Kier molecular flexibility index (Phi) is 6.34. The maximum Gasteiger partial charge on any atom is 0.333 e. The zero-order valence-electron chi connectivity index (χ0n) is 19.8. The lowest BCUT2D eigenvalue weighted by molar-refractivity contribution is 0.674. The molecule has 0 unspecified atom stereocenters. The molecule has 0 saturated heterocycles. The number of nitrogens with one attached hydrogen (secondary N) is 1. The van der Waals surface area contributed by atoms with Crippen LogP contribution in [0.2, 0.25) is 0 Å². The Balaban J connectivity index is 1.47. The van der Waals surface area contributed by atoms with E-state index in [0.29, 0.717) is 12.4 Å². The van der Waals surface area contributed by atoms with Crippen molar-refractivity contribution >= 4 is 0 Å². The zero-order chi connectivity index (χ0) is 24.2. The SMILES string of the molecule is CCCCc1cn(-c2ccccc2C)c(=O)n1Cc1ccc(-c2ccncc2-c2nn[nH]n2)cc1. The molecule has 3 heterocycles. The van der Waals surface area contributed by atoms with Crippen molar-refractivity contribution in [3.05, 3.63) is 100 Å². The molecule has 35 heavy (non-hydrogen) atoms. The van der Waals surface area contributed by atoms with Gasteiger partial charge in [0.15, 0.2) is 0 Å². The molecule has 176 valence electrons. The van der Waals surface area contributed by atoms with Gasteiger partial charge in [0.2, 0.25) is 5.82 Å². The summed E-state index contributed by atoms with van der Waals surface area (Å²) in [5.74, 6) is 0.502. The topological polar surface area (TPSA) is 94.3 Å². The van der Waals surface area contributed by atoms with E-state index in [1.807, 2.05) is 48.0 Å². The fourth-order valence-electron chi connectivity index (χ4n) is 4.33. The number of pyridine rings is 1. The summed E-state index contributed by atoms with van der Waals surface area (Å²) in [6, 6.07) is 18.2. The van der Waals surface area contributed by atoms with Gasteiger partial charge in [0.1, 0.15) is 0 Å². The number of hydrogen-bond donors (Lipinski definition) is 1. The Morgan fingerprint density at radius 3 is 2.57 bits per heavy atom. The van der Waals surface area contributed by atoms with Crippen molar-refractivity contribution in [2.75, 3.05) is 0 Å². The van der Waals surface area contributed by atoms with Crippen LogP contribution in [0.3, 0.4) is 0 Å². The summed E-state index contributed by atoms with van der Waals surface area (Å²) >= 11 is 0. The fraction of sp³-hybridized carbons (Fsp3) is 0.222. The number of unbranched alkanes of at least 4 members (excludes halogenated alkanes) is 1. The van der Waals surface area contributed by atoms with Crippen molar-refractivity contribution in [1.82, 2.24) is 34.7 Å². The molecule has 0 aliphatic heterocycles. The van der Waals surface area contributed by atoms with Gasteiger partial charge < -0.3 is 0 Å². The highest BCUT2D eigenvalue weighted by Crippen LogP contribution is 2.29. The molecule has 8 nitrogen and oxygen atoms in total. The summed E-state index contributed by atoms with van der Waals surface area (Å²) in [7, 11) is 0. The molecule has 0 radical (unpaired) electrons. The maximum absolute atomic E-state index is 13.5. The molecule has 2 aromatic carbocycles. The van der Waals surface area contributed by atoms with Gasteiger partial charge in [0.25, 0.3) is 0 Å².